The van der Waals surface area contributed by atoms with Crippen molar-refractivity contribution in [3.63, 3.8) is 0 Å². The zero-order chi connectivity index (χ0) is 23.0. The van der Waals surface area contributed by atoms with E-state index in [4.69, 9.17) is 11.6 Å². The summed E-state index contributed by atoms with van der Waals surface area (Å²) in [6, 6.07) is 8.21. The lowest BCUT2D eigenvalue weighted by molar-refractivity contribution is -0.122. The van der Waals surface area contributed by atoms with E-state index in [-0.39, 0.29) is 16.4 Å². The lowest BCUT2D eigenvalue weighted by atomic mass is 9.98. The zero-order valence-electron chi connectivity index (χ0n) is 16.7. The van der Waals surface area contributed by atoms with Gasteiger partial charge in [0, 0.05) is 29.2 Å². The van der Waals surface area contributed by atoms with Gasteiger partial charge in [0.05, 0.1) is 22.3 Å². The molecule has 1 N–H and O–H groups in total. The van der Waals surface area contributed by atoms with Crippen molar-refractivity contribution in [3.05, 3.63) is 71.0 Å². The number of rotatable bonds is 4. The summed E-state index contributed by atoms with van der Waals surface area (Å²) in [6.45, 7) is 1.14. The number of pyridine rings is 2. The van der Waals surface area contributed by atoms with Gasteiger partial charge in [0.15, 0.2) is 0 Å². The normalized spacial score (nSPS) is 15.2. The Labute approximate surface area is 186 Å². The summed E-state index contributed by atoms with van der Waals surface area (Å²) in [5, 5.41) is 2.39. The number of benzene rings is 1. The van der Waals surface area contributed by atoms with Crippen LogP contribution in [-0.4, -0.2) is 28.3 Å². The van der Waals surface area contributed by atoms with Gasteiger partial charge in [0.1, 0.15) is 18.1 Å². The Kier molecular flexibility index (Phi) is 5.84. The summed E-state index contributed by atoms with van der Waals surface area (Å²) >= 11 is 5.65. The fourth-order valence-corrected chi connectivity index (χ4v) is 3.67. The highest BCUT2D eigenvalue weighted by molar-refractivity contribution is 6.30. The quantitative estimate of drug-likeness (QED) is 0.597. The van der Waals surface area contributed by atoms with E-state index in [9.17, 15) is 22.8 Å². The van der Waals surface area contributed by atoms with E-state index in [1.54, 1.807) is 19.1 Å². The molecule has 1 aliphatic rings. The lowest BCUT2D eigenvalue weighted by Gasteiger charge is -2.24. The van der Waals surface area contributed by atoms with E-state index in [1.807, 2.05) is 0 Å². The predicted molar refractivity (Wildman–Crippen MR) is 113 cm³/mol. The second-order valence-corrected chi connectivity index (χ2v) is 7.59. The van der Waals surface area contributed by atoms with Crippen molar-refractivity contribution in [1.82, 2.24) is 9.97 Å². The number of fused-ring (bicyclic) bond motifs is 3. The number of alkyl halides is 2. The third kappa shape index (κ3) is 4.03. The van der Waals surface area contributed by atoms with Crippen molar-refractivity contribution in [2.75, 3.05) is 16.8 Å². The van der Waals surface area contributed by atoms with Crippen molar-refractivity contribution >= 4 is 34.8 Å². The van der Waals surface area contributed by atoms with Crippen LogP contribution in [0, 0.1) is 5.82 Å². The van der Waals surface area contributed by atoms with E-state index < -0.39 is 42.2 Å². The minimum Gasteiger partial charge on any atom is -0.324 e. The van der Waals surface area contributed by atoms with Crippen molar-refractivity contribution < 1.29 is 22.8 Å². The number of hydrogen-bond donors (Lipinski definition) is 1. The van der Waals surface area contributed by atoms with Crippen molar-refractivity contribution in [1.29, 1.82) is 0 Å². The smallest absolute Gasteiger partial charge is 0.280 e. The fraction of sp³-hybridized carbons (Fsp3) is 0.182. The van der Waals surface area contributed by atoms with Gasteiger partial charge in [-0.15, -0.1) is 0 Å². The molecule has 164 valence electrons. The molecule has 0 saturated heterocycles. The van der Waals surface area contributed by atoms with Gasteiger partial charge in [-0.2, -0.15) is 0 Å². The van der Waals surface area contributed by atoms with Crippen LogP contribution in [0.3, 0.4) is 0 Å². The molecular formula is C22H16ClF3N4O2. The maximum Gasteiger partial charge on any atom is 0.280 e. The minimum absolute atomic E-state index is 0.106. The summed E-state index contributed by atoms with van der Waals surface area (Å²) < 4.78 is 40.4. The largest absolute Gasteiger partial charge is 0.324 e. The zero-order valence-corrected chi connectivity index (χ0v) is 17.4. The number of aromatic nitrogens is 2. The van der Waals surface area contributed by atoms with Gasteiger partial charge in [-0.25, -0.2) is 13.2 Å². The first kappa shape index (κ1) is 21.8. The Hall–Kier alpha value is -3.46. The van der Waals surface area contributed by atoms with Crippen LogP contribution in [0.2, 0.25) is 5.02 Å². The van der Waals surface area contributed by atoms with Gasteiger partial charge >= 0.3 is 0 Å². The van der Waals surface area contributed by atoms with Crippen molar-refractivity contribution in [2.24, 2.45) is 0 Å². The van der Waals surface area contributed by atoms with E-state index in [0.29, 0.717) is 16.8 Å². The van der Waals surface area contributed by atoms with Gasteiger partial charge in [0.2, 0.25) is 11.8 Å². The third-order valence-electron chi connectivity index (χ3n) is 5.10. The van der Waals surface area contributed by atoms with E-state index >= 15 is 0 Å². The molecule has 1 aliphatic heterocycles. The van der Waals surface area contributed by atoms with Crippen LogP contribution in [0.5, 0.6) is 0 Å². The van der Waals surface area contributed by atoms with E-state index in [2.05, 4.69) is 15.3 Å². The lowest BCUT2D eigenvalue weighted by Crippen LogP contribution is -2.40. The molecule has 0 radical (unpaired) electrons. The van der Waals surface area contributed by atoms with Crippen LogP contribution in [0.15, 0.2) is 48.8 Å². The Morgan fingerprint density at radius 1 is 1.22 bits per heavy atom. The highest BCUT2D eigenvalue weighted by Crippen LogP contribution is 2.40. The molecule has 32 heavy (non-hydrogen) atoms. The summed E-state index contributed by atoms with van der Waals surface area (Å²) in [7, 11) is 0. The molecule has 3 heterocycles. The summed E-state index contributed by atoms with van der Waals surface area (Å²) in [6.07, 6.45) is -0.0832. The SMILES string of the molecule is CC1C(=O)N(CC(=O)Nc2ccc(Cl)c(F)c2)c2cc(C(F)F)ncc2-c2cccnc21. The van der Waals surface area contributed by atoms with Gasteiger partial charge in [-0.1, -0.05) is 17.7 Å². The highest BCUT2D eigenvalue weighted by Gasteiger charge is 2.34. The molecule has 0 aliphatic carbocycles. The second-order valence-electron chi connectivity index (χ2n) is 7.19. The van der Waals surface area contributed by atoms with Crippen LogP contribution >= 0.6 is 11.6 Å². The number of halogens is 4. The molecule has 0 bridgehead atoms. The molecule has 1 aromatic carbocycles. The second kappa shape index (κ2) is 8.58. The van der Waals surface area contributed by atoms with Crippen LogP contribution < -0.4 is 10.2 Å². The van der Waals surface area contributed by atoms with Gasteiger partial charge in [-0.3, -0.25) is 19.6 Å². The van der Waals surface area contributed by atoms with Crippen LogP contribution in [0.1, 0.15) is 30.7 Å². The number of carbonyl (C=O) groups excluding carboxylic acids is 2. The van der Waals surface area contributed by atoms with Gasteiger partial charge in [-0.05, 0) is 37.3 Å². The average molecular weight is 461 g/mol. The maximum absolute atomic E-state index is 13.7. The molecule has 10 heteroatoms. The van der Waals surface area contributed by atoms with Crippen LogP contribution in [-0.2, 0) is 9.59 Å². The standard InChI is InChI=1S/C22H16ClF3N4O2/c1-11-20-13(3-2-6-27-20)14-9-28-17(21(25)26)8-18(14)30(22(11)32)10-19(31)29-12-4-5-15(23)16(24)7-12/h2-9,11,21H,10H2,1H3,(H,29,31). The number of amides is 2. The number of nitrogens with zero attached hydrogens (tertiary/aromatic N) is 3. The molecule has 3 aromatic rings. The number of hydrogen-bond acceptors (Lipinski definition) is 4. The molecule has 0 spiro atoms. The molecule has 0 saturated carbocycles. The molecule has 1 atom stereocenters. The fourth-order valence-electron chi connectivity index (χ4n) is 3.55. The average Bonchev–Trinajstić information content (AvgIpc) is 2.86. The molecule has 6 nitrogen and oxygen atoms in total. The first-order valence-corrected chi connectivity index (χ1v) is 9.93. The molecular weight excluding hydrogens is 445 g/mol. The Balaban J connectivity index is 1.74. The molecule has 4 rings (SSSR count). The minimum atomic E-state index is -2.86. The summed E-state index contributed by atoms with van der Waals surface area (Å²) in [5.41, 5.74) is 1.16. The third-order valence-corrected chi connectivity index (χ3v) is 5.40. The van der Waals surface area contributed by atoms with Crippen molar-refractivity contribution in [3.8, 4) is 11.1 Å². The van der Waals surface area contributed by atoms with Crippen LogP contribution in [0.25, 0.3) is 11.1 Å². The number of nitrogens with one attached hydrogen (secondary N) is 1. The monoisotopic (exact) mass is 460 g/mol. The van der Waals surface area contributed by atoms with Crippen LogP contribution in [0.4, 0.5) is 24.5 Å². The van der Waals surface area contributed by atoms with E-state index in [0.717, 1.165) is 17.0 Å². The Morgan fingerprint density at radius 3 is 2.72 bits per heavy atom. The summed E-state index contributed by atoms with van der Waals surface area (Å²) in [4.78, 5) is 35.2. The van der Waals surface area contributed by atoms with Gasteiger partial charge < -0.3 is 10.2 Å². The predicted octanol–water partition coefficient (Wildman–Crippen LogP) is 4.96. The van der Waals surface area contributed by atoms with Crippen molar-refractivity contribution in [2.45, 2.75) is 19.3 Å². The number of carbonyl (C=O) groups is 2. The Morgan fingerprint density at radius 2 is 2.00 bits per heavy atom. The van der Waals surface area contributed by atoms with E-state index in [1.165, 1.54) is 24.5 Å². The topological polar surface area (TPSA) is 75.2 Å². The maximum atomic E-state index is 13.7. The molecule has 1 unspecified atom stereocenters. The molecule has 0 fully saturated rings. The first-order valence-electron chi connectivity index (χ1n) is 9.56. The van der Waals surface area contributed by atoms with Gasteiger partial charge in [0.25, 0.3) is 6.43 Å². The summed E-state index contributed by atoms with van der Waals surface area (Å²) in [5.74, 6) is -2.60. The Bertz CT molecular complexity index is 1220. The molecule has 2 amide bonds. The molecule has 2 aromatic heterocycles. The first-order chi connectivity index (χ1) is 15.3. The highest BCUT2D eigenvalue weighted by atomic mass is 35.5. The number of anilines is 2.